The van der Waals surface area contributed by atoms with Gasteiger partial charge in [-0.15, -0.1) is 13.2 Å². The van der Waals surface area contributed by atoms with E-state index < -0.39 is 6.36 Å². The highest BCUT2D eigenvalue weighted by molar-refractivity contribution is 6.03. The van der Waals surface area contributed by atoms with E-state index in [1.807, 2.05) is 0 Å². The summed E-state index contributed by atoms with van der Waals surface area (Å²) in [5, 5.41) is 3.44. The maximum atomic E-state index is 12.3. The highest BCUT2D eigenvalue weighted by Crippen LogP contribution is 2.31. The second kappa shape index (κ2) is 11.0. The van der Waals surface area contributed by atoms with Crippen molar-refractivity contribution in [2.45, 2.75) is 31.7 Å². The third-order valence-electron chi connectivity index (χ3n) is 6.63. The Labute approximate surface area is 208 Å². The van der Waals surface area contributed by atoms with Gasteiger partial charge in [-0.3, -0.25) is 9.89 Å². The molecule has 194 valence electrons. The van der Waals surface area contributed by atoms with Gasteiger partial charge in [-0.05, 0) is 54.4 Å². The number of halogens is 3. The van der Waals surface area contributed by atoms with E-state index in [1.165, 1.54) is 29.8 Å². The lowest BCUT2D eigenvalue weighted by molar-refractivity contribution is -0.274. The number of anilines is 2. The first-order valence-electron chi connectivity index (χ1n) is 12.4. The summed E-state index contributed by atoms with van der Waals surface area (Å²) in [4.78, 5) is 9.49. The maximum Gasteiger partial charge on any atom is 0.573 e. The molecule has 1 unspecified atom stereocenters. The molecule has 2 aromatic rings. The number of morpholine rings is 1. The molecule has 0 spiro atoms. The Bertz CT molecular complexity index is 1060. The van der Waals surface area contributed by atoms with Crippen LogP contribution in [-0.2, 0) is 11.2 Å². The lowest BCUT2D eigenvalue weighted by Crippen LogP contribution is -2.37. The Morgan fingerprint density at radius 3 is 2.58 bits per heavy atom. The van der Waals surface area contributed by atoms with Crippen LogP contribution in [0.2, 0.25) is 0 Å². The number of alkyl halides is 3. The van der Waals surface area contributed by atoms with Gasteiger partial charge in [0, 0.05) is 56.9 Å². The molecular formula is C26H31F3N4O3. The van der Waals surface area contributed by atoms with Crippen LogP contribution in [0.25, 0.3) is 0 Å². The zero-order chi connectivity index (χ0) is 25.0. The zero-order valence-corrected chi connectivity index (χ0v) is 20.1. The summed E-state index contributed by atoms with van der Waals surface area (Å²) in [5.41, 5.74) is 3.49. The molecule has 0 radical (unpaired) electrons. The Hall–Kier alpha value is -2.98. The first-order chi connectivity index (χ1) is 17.4. The van der Waals surface area contributed by atoms with E-state index in [0.29, 0.717) is 5.75 Å². The van der Waals surface area contributed by atoms with Gasteiger partial charge in [0.15, 0.2) is 0 Å². The molecule has 0 aliphatic carbocycles. The largest absolute Gasteiger partial charge is 0.573 e. The number of fused-ring (bicyclic) bond motifs is 1. The average Bonchev–Trinajstić information content (AvgIpc) is 3.49. The molecule has 1 atom stereocenters. The standard InChI is InChI=1S/C26H31F3N4O3/c27-26(28,29)36-22-5-3-21(4-6-22)35-23-8-11-33(18-23)20-2-7-24-19(16-20)17-25(31-24)30-9-1-10-32-12-14-34-15-13-32/h2-7,16,23H,1,8-15,17-18H2,(H,30,31). The fraction of sp³-hybridized carbons (Fsp3) is 0.500. The van der Waals surface area contributed by atoms with Crippen molar-refractivity contribution in [1.82, 2.24) is 4.90 Å². The smallest absolute Gasteiger partial charge is 0.489 e. The van der Waals surface area contributed by atoms with Crippen molar-refractivity contribution in [2.75, 3.05) is 62.7 Å². The van der Waals surface area contributed by atoms with E-state index in [2.05, 4.69) is 38.1 Å². The lowest BCUT2D eigenvalue weighted by Gasteiger charge is -2.26. The monoisotopic (exact) mass is 504 g/mol. The second-order valence-electron chi connectivity index (χ2n) is 9.27. The van der Waals surface area contributed by atoms with Crippen LogP contribution in [0.3, 0.4) is 0 Å². The molecule has 0 aromatic heterocycles. The molecule has 2 saturated heterocycles. The van der Waals surface area contributed by atoms with E-state index in [9.17, 15) is 13.2 Å². The van der Waals surface area contributed by atoms with Crippen molar-refractivity contribution < 1.29 is 27.4 Å². The number of ether oxygens (including phenoxy) is 3. The summed E-state index contributed by atoms with van der Waals surface area (Å²) in [5.74, 6) is 1.29. The molecule has 7 nitrogen and oxygen atoms in total. The van der Waals surface area contributed by atoms with Gasteiger partial charge in [0.05, 0.1) is 19.8 Å². The first kappa shape index (κ1) is 24.7. The molecule has 3 aliphatic heterocycles. The summed E-state index contributed by atoms with van der Waals surface area (Å²) >= 11 is 0. The number of rotatable bonds is 8. The van der Waals surface area contributed by atoms with Crippen molar-refractivity contribution in [3.8, 4) is 11.5 Å². The third kappa shape index (κ3) is 6.61. The topological polar surface area (TPSA) is 58.6 Å². The Kier molecular flexibility index (Phi) is 7.52. The van der Waals surface area contributed by atoms with E-state index in [1.54, 1.807) is 0 Å². The maximum absolute atomic E-state index is 12.3. The molecule has 0 amide bonds. The summed E-state index contributed by atoms with van der Waals surface area (Å²) in [7, 11) is 0. The van der Waals surface area contributed by atoms with Crippen molar-refractivity contribution >= 4 is 17.2 Å². The number of nitrogens with one attached hydrogen (secondary N) is 1. The summed E-state index contributed by atoms with van der Waals surface area (Å²) < 4.78 is 52.3. The summed E-state index contributed by atoms with van der Waals surface area (Å²) in [6, 6.07) is 12.0. The number of nitrogens with zero attached hydrogens (tertiary/aromatic N) is 3. The molecular weight excluding hydrogens is 473 g/mol. The highest BCUT2D eigenvalue weighted by atomic mass is 19.4. The van der Waals surface area contributed by atoms with E-state index >= 15 is 0 Å². The van der Waals surface area contributed by atoms with Gasteiger partial charge in [0.1, 0.15) is 23.4 Å². The van der Waals surface area contributed by atoms with Gasteiger partial charge in [-0.1, -0.05) is 0 Å². The van der Waals surface area contributed by atoms with Crippen LogP contribution < -0.4 is 19.7 Å². The van der Waals surface area contributed by atoms with Crippen molar-refractivity contribution in [1.29, 1.82) is 0 Å². The van der Waals surface area contributed by atoms with Gasteiger partial charge in [0.2, 0.25) is 0 Å². The van der Waals surface area contributed by atoms with Gasteiger partial charge < -0.3 is 24.4 Å². The fourth-order valence-corrected chi connectivity index (χ4v) is 4.82. The van der Waals surface area contributed by atoms with E-state index in [4.69, 9.17) is 14.5 Å². The molecule has 2 fully saturated rings. The van der Waals surface area contributed by atoms with Gasteiger partial charge in [-0.2, -0.15) is 0 Å². The van der Waals surface area contributed by atoms with E-state index in [-0.39, 0.29) is 11.9 Å². The van der Waals surface area contributed by atoms with Gasteiger partial charge >= 0.3 is 6.36 Å². The summed E-state index contributed by atoms with van der Waals surface area (Å²) in [6.45, 7) is 7.11. The van der Waals surface area contributed by atoms with Crippen LogP contribution in [0.5, 0.6) is 11.5 Å². The van der Waals surface area contributed by atoms with E-state index in [0.717, 1.165) is 89.0 Å². The molecule has 3 aliphatic rings. The number of hydrogen-bond acceptors (Lipinski definition) is 6. The molecule has 0 bridgehead atoms. The molecule has 36 heavy (non-hydrogen) atoms. The van der Waals surface area contributed by atoms with Crippen LogP contribution in [0.4, 0.5) is 24.5 Å². The Morgan fingerprint density at radius 2 is 1.81 bits per heavy atom. The van der Waals surface area contributed by atoms with Gasteiger partial charge in [0.25, 0.3) is 0 Å². The number of aliphatic imine (C=N–C) groups is 1. The predicted octanol–water partition coefficient (Wildman–Crippen LogP) is 4.33. The van der Waals surface area contributed by atoms with Gasteiger partial charge in [-0.25, -0.2) is 0 Å². The fourth-order valence-electron chi connectivity index (χ4n) is 4.82. The molecule has 10 heteroatoms. The zero-order valence-electron chi connectivity index (χ0n) is 20.1. The number of hydrogen-bond donors (Lipinski definition) is 1. The summed E-state index contributed by atoms with van der Waals surface area (Å²) in [6.07, 6.45) is -2.04. The molecule has 3 heterocycles. The van der Waals surface area contributed by atoms with Crippen LogP contribution >= 0.6 is 0 Å². The minimum absolute atomic E-state index is 0.0330. The van der Waals surface area contributed by atoms with Crippen LogP contribution in [0.15, 0.2) is 47.5 Å². The van der Waals surface area contributed by atoms with Crippen LogP contribution in [0.1, 0.15) is 18.4 Å². The second-order valence-corrected chi connectivity index (χ2v) is 9.27. The van der Waals surface area contributed by atoms with Crippen LogP contribution in [0, 0.1) is 0 Å². The number of amidine groups is 1. The minimum atomic E-state index is -4.70. The number of benzene rings is 2. The average molecular weight is 505 g/mol. The lowest BCUT2D eigenvalue weighted by atomic mass is 10.1. The molecule has 5 rings (SSSR count). The van der Waals surface area contributed by atoms with Crippen molar-refractivity contribution in [3.63, 3.8) is 0 Å². The molecule has 2 aromatic carbocycles. The van der Waals surface area contributed by atoms with Crippen LogP contribution in [-0.4, -0.2) is 75.7 Å². The SMILES string of the molecule is FC(F)(F)Oc1ccc(OC2CCN(c3ccc4c(c3)CC(=NCCCN3CCOCC3)N4)C2)cc1. The quantitative estimate of drug-likeness (QED) is 0.540. The van der Waals surface area contributed by atoms with Crippen molar-refractivity contribution in [2.24, 2.45) is 4.99 Å². The molecule has 0 saturated carbocycles. The Morgan fingerprint density at radius 1 is 1.03 bits per heavy atom. The predicted molar refractivity (Wildman–Crippen MR) is 132 cm³/mol. The highest BCUT2D eigenvalue weighted by Gasteiger charge is 2.31. The normalized spacial score (nSPS) is 21.5. The minimum Gasteiger partial charge on any atom is -0.489 e. The molecule has 1 N–H and O–H groups in total. The third-order valence-corrected chi connectivity index (χ3v) is 6.63. The Balaban J connectivity index is 1.10. The first-order valence-corrected chi connectivity index (χ1v) is 12.4. The van der Waals surface area contributed by atoms with Crippen molar-refractivity contribution in [3.05, 3.63) is 48.0 Å².